The van der Waals surface area contributed by atoms with Gasteiger partial charge in [0.1, 0.15) is 12.4 Å². The Balaban J connectivity index is 1.70. The van der Waals surface area contributed by atoms with E-state index in [9.17, 15) is 4.79 Å². The lowest BCUT2D eigenvalue weighted by atomic mass is 10.0. The minimum Gasteiger partial charge on any atom is -0.497 e. The van der Waals surface area contributed by atoms with Crippen molar-refractivity contribution in [1.82, 2.24) is 9.88 Å². The van der Waals surface area contributed by atoms with E-state index in [0.717, 1.165) is 16.8 Å². The molecule has 0 N–H and O–H groups in total. The van der Waals surface area contributed by atoms with Crippen molar-refractivity contribution < 1.29 is 23.7 Å². The van der Waals surface area contributed by atoms with Crippen molar-refractivity contribution in [3.8, 4) is 34.4 Å². The van der Waals surface area contributed by atoms with Gasteiger partial charge in [0.2, 0.25) is 5.88 Å². The van der Waals surface area contributed by atoms with Gasteiger partial charge in [0.05, 0.1) is 33.6 Å². The SMILES string of the molecule is COc1cccc(C(=O)N2CCOc3c(cc(-c4cccc(OC)n4)cc3OC)C2)c1. The van der Waals surface area contributed by atoms with E-state index in [0.29, 0.717) is 48.4 Å². The Labute approximate surface area is 181 Å². The summed E-state index contributed by atoms with van der Waals surface area (Å²) in [4.78, 5) is 19.5. The molecule has 0 saturated carbocycles. The number of carbonyl (C=O) groups excluding carboxylic acids is 1. The Hall–Kier alpha value is -3.74. The molecule has 7 heteroatoms. The lowest BCUT2D eigenvalue weighted by Gasteiger charge is -2.20. The molecule has 31 heavy (non-hydrogen) atoms. The van der Waals surface area contributed by atoms with Gasteiger partial charge in [0.15, 0.2) is 11.5 Å². The number of methoxy groups -OCH3 is 3. The molecule has 3 aromatic rings. The standard InChI is InChI=1S/C24H24N2O5/c1-28-19-7-4-6-16(13-19)24(27)26-10-11-31-23-18(15-26)12-17(14-21(23)29-2)20-8-5-9-22(25-20)30-3/h4-9,12-14H,10-11,15H2,1-3H3. The summed E-state index contributed by atoms with van der Waals surface area (Å²) in [5.74, 6) is 2.34. The Bertz CT molecular complexity index is 1100. The van der Waals surface area contributed by atoms with Crippen LogP contribution in [0, 0.1) is 0 Å². The van der Waals surface area contributed by atoms with Gasteiger partial charge in [-0.05, 0) is 36.4 Å². The van der Waals surface area contributed by atoms with E-state index in [-0.39, 0.29) is 5.91 Å². The average molecular weight is 420 g/mol. The maximum absolute atomic E-state index is 13.2. The predicted octanol–water partition coefficient (Wildman–Crippen LogP) is 3.81. The number of carbonyl (C=O) groups is 1. The van der Waals surface area contributed by atoms with Gasteiger partial charge < -0.3 is 23.8 Å². The van der Waals surface area contributed by atoms with Crippen LogP contribution >= 0.6 is 0 Å². The normalized spacial score (nSPS) is 12.9. The van der Waals surface area contributed by atoms with E-state index in [4.69, 9.17) is 18.9 Å². The van der Waals surface area contributed by atoms with Crippen molar-refractivity contribution in [2.75, 3.05) is 34.5 Å². The van der Waals surface area contributed by atoms with E-state index in [1.807, 2.05) is 36.4 Å². The number of nitrogens with zero attached hydrogens (tertiary/aromatic N) is 2. The highest BCUT2D eigenvalue weighted by molar-refractivity contribution is 5.94. The fraction of sp³-hybridized carbons (Fsp3) is 0.250. The Morgan fingerprint density at radius 1 is 1.00 bits per heavy atom. The number of rotatable bonds is 5. The largest absolute Gasteiger partial charge is 0.497 e. The summed E-state index contributed by atoms with van der Waals surface area (Å²) in [5.41, 5.74) is 3.03. The second-order valence-corrected chi connectivity index (χ2v) is 7.04. The van der Waals surface area contributed by atoms with Gasteiger partial charge in [-0.2, -0.15) is 0 Å². The van der Waals surface area contributed by atoms with E-state index in [2.05, 4.69) is 4.98 Å². The van der Waals surface area contributed by atoms with Crippen molar-refractivity contribution >= 4 is 5.91 Å². The van der Waals surface area contributed by atoms with Gasteiger partial charge >= 0.3 is 0 Å². The summed E-state index contributed by atoms with van der Waals surface area (Å²) in [6.07, 6.45) is 0. The minimum absolute atomic E-state index is 0.0841. The molecular formula is C24H24N2O5. The molecule has 1 aliphatic rings. The molecular weight excluding hydrogens is 396 g/mol. The van der Waals surface area contributed by atoms with Gasteiger partial charge in [0, 0.05) is 29.3 Å². The molecule has 0 saturated heterocycles. The predicted molar refractivity (Wildman–Crippen MR) is 116 cm³/mol. The van der Waals surface area contributed by atoms with Crippen molar-refractivity contribution in [2.45, 2.75) is 6.54 Å². The number of pyridine rings is 1. The molecule has 0 bridgehead atoms. The monoisotopic (exact) mass is 420 g/mol. The first-order valence-corrected chi connectivity index (χ1v) is 9.91. The number of hydrogen-bond donors (Lipinski definition) is 0. The molecule has 1 aliphatic heterocycles. The second-order valence-electron chi connectivity index (χ2n) is 7.04. The number of benzene rings is 2. The van der Waals surface area contributed by atoms with Crippen LogP contribution in [0.3, 0.4) is 0 Å². The van der Waals surface area contributed by atoms with Gasteiger partial charge in [0.25, 0.3) is 5.91 Å². The van der Waals surface area contributed by atoms with E-state index < -0.39 is 0 Å². The van der Waals surface area contributed by atoms with E-state index in [1.54, 1.807) is 44.4 Å². The zero-order chi connectivity index (χ0) is 21.8. The molecule has 1 aromatic heterocycles. The second kappa shape index (κ2) is 8.95. The molecule has 7 nitrogen and oxygen atoms in total. The summed E-state index contributed by atoms with van der Waals surface area (Å²) >= 11 is 0. The first kappa shape index (κ1) is 20.5. The Morgan fingerprint density at radius 3 is 2.61 bits per heavy atom. The third-order valence-electron chi connectivity index (χ3n) is 5.15. The van der Waals surface area contributed by atoms with Crippen LogP contribution in [0.4, 0.5) is 0 Å². The molecule has 0 radical (unpaired) electrons. The summed E-state index contributed by atoms with van der Waals surface area (Å²) in [5, 5.41) is 0. The van der Waals surface area contributed by atoms with Crippen molar-refractivity contribution in [3.63, 3.8) is 0 Å². The van der Waals surface area contributed by atoms with Crippen LogP contribution in [0.15, 0.2) is 54.6 Å². The minimum atomic E-state index is -0.0841. The van der Waals surface area contributed by atoms with Crippen LogP contribution in [0.25, 0.3) is 11.3 Å². The lowest BCUT2D eigenvalue weighted by molar-refractivity contribution is 0.0732. The maximum Gasteiger partial charge on any atom is 0.254 e. The fourth-order valence-corrected chi connectivity index (χ4v) is 3.58. The fourth-order valence-electron chi connectivity index (χ4n) is 3.58. The molecule has 0 unspecified atom stereocenters. The molecule has 2 heterocycles. The van der Waals surface area contributed by atoms with Gasteiger partial charge in [-0.3, -0.25) is 4.79 Å². The Morgan fingerprint density at radius 2 is 1.84 bits per heavy atom. The summed E-state index contributed by atoms with van der Waals surface area (Å²) < 4.78 is 22.1. The van der Waals surface area contributed by atoms with Crippen molar-refractivity contribution in [3.05, 3.63) is 65.7 Å². The molecule has 0 atom stereocenters. The zero-order valence-corrected chi connectivity index (χ0v) is 17.8. The summed E-state index contributed by atoms with van der Waals surface area (Å²) in [6.45, 7) is 1.22. The van der Waals surface area contributed by atoms with Crippen molar-refractivity contribution in [2.24, 2.45) is 0 Å². The lowest BCUT2D eigenvalue weighted by Crippen LogP contribution is -2.32. The first-order valence-electron chi connectivity index (χ1n) is 9.91. The topological polar surface area (TPSA) is 70.1 Å². The third-order valence-corrected chi connectivity index (χ3v) is 5.15. The molecule has 2 aromatic carbocycles. The Kier molecular flexibility index (Phi) is 5.93. The molecule has 1 amide bonds. The number of ether oxygens (including phenoxy) is 4. The number of hydrogen-bond acceptors (Lipinski definition) is 6. The van der Waals surface area contributed by atoms with E-state index in [1.165, 1.54) is 0 Å². The summed E-state index contributed by atoms with van der Waals surface area (Å²) in [6, 6.07) is 16.6. The molecule has 0 spiro atoms. The molecule has 0 fully saturated rings. The van der Waals surface area contributed by atoms with Crippen LogP contribution < -0.4 is 18.9 Å². The highest BCUT2D eigenvalue weighted by Gasteiger charge is 2.24. The highest BCUT2D eigenvalue weighted by Crippen LogP contribution is 2.38. The molecule has 160 valence electrons. The van der Waals surface area contributed by atoms with Crippen LogP contribution in [-0.2, 0) is 6.54 Å². The maximum atomic E-state index is 13.2. The van der Waals surface area contributed by atoms with Crippen LogP contribution in [0.5, 0.6) is 23.1 Å². The number of fused-ring (bicyclic) bond motifs is 1. The van der Waals surface area contributed by atoms with Crippen molar-refractivity contribution in [1.29, 1.82) is 0 Å². The number of aromatic nitrogens is 1. The van der Waals surface area contributed by atoms with Crippen LogP contribution in [0.2, 0.25) is 0 Å². The summed E-state index contributed by atoms with van der Waals surface area (Å²) in [7, 11) is 4.77. The molecule has 4 rings (SSSR count). The average Bonchev–Trinajstić information content (AvgIpc) is 3.05. The van der Waals surface area contributed by atoms with Gasteiger partial charge in [-0.1, -0.05) is 12.1 Å². The smallest absolute Gasteiger partial charge is 0.254 e. The van der Waals surface area contributed by atoms with Gasteiger partial charge in [-0.15, -0.1) is 0 Å². The van der Waals surface area contributed by atoms with Crippen LogP contribution in [0.1, 0.15) is 15.9 Å². The van der Waals surface area contributed by atoms with Crippen LogP contribution in [-0.4, -0.2) is 50.3 Å². The first-order chi connectivity index (χ1) is 15.1. The zero-order valence-electron chi connectivity index (χ0n) is 17.8. The highest BCUT2D eigenvalue weighted by atomic mass is 16.5. The third kappa shape index (κ3) is 4.26. The van der Waals surface area contributed by atoms with Gasteiger partial charge in [-0.25, -0.2) is 4.98 Å². The molecule has 0 aliphatic carbocycles. The number of amides is 1. The quantitative estimate of drug-likeness (QED) is 0.625. The van der Waals surface area contributed by atoms with E-state index >= 15 is 0 Å².